The minimum Gasteiger partial charge on any atom is -0.496 e. The van der Waals surface area contributed by atoms with Crippen molar-refractivity contribution in [3.8, 4) is 5.75 Å². The fraction of sp³-hybridized carbons (Fsp3) is 0.353. The maximum absolute atomic E-state index is 12.5. The summed E-state index contributed by atoms with van der Waals surface area (Å²) in [5, 5.41) is 3.46. The molecule has 1 N–H and O–H groups in total. The largest absolute Gasteiger partial charge is 0.496 e. The van der Waals surface area contributed by atoms with Gasteiger partial charge < -0.3 is 24.1 Å². The van der Waals surface area contributed by atoms with Gasteiger partial charge in [-0.05, 0) is 30.3 Å². The number of hydrogen-bond donors (Lipinski definition) is 1. The van der Waals surface area contributed by atoms with E-state index >= 15 is 0 Å². The van der Waals surface area contributed by atoms with E-state index in [9.17, 15) is 4.79 Å². The van der Waals surface area contributed by atoms with E-state index in [1.165, 1.54) is 0 Å². The molecule has 1 aromatic heterocycles. The van der Waals surface area contributed by atoms with Crippen molar-refractivity contribution < 1.29 is 18.7 Å². The summed E-state index contributed by atoms with van der Waals surface area (Å²) >= 11 is 6.01. The standard InChI is InChI=1S/C17H21ClN2O4/c1-22-9-7-20(12-15-4-3-8-24-15)17(21)19-11-13-10-14(18)5-6-16(13)23-2/h3-6,8,10H,7,9,11-12H2,1-2H3,(H,19,21). The summed E-state index contributed by atoms with van der Waals surface area (Å²) in [4.78, 5) is 14.1. The number of methoxy groups -OCH3 is 2. The Hall–Kier alpha value is -2.18. The minimum absolute atomic E-state index is 0.217. The maximum Gasteiger partial charge on any atom is 0.318 e. The topological polar surface area (TPSA) is 63.9 Å². The fourth-order valence-electron chi connectivity index (χ4n) is 2.21. The Morgan fingerprint density at radius 1 is 1.33 bits per heavy atom. The second-order valence-corrected chi connectivity index (χ2v) is 5.55. The monoisotopic (exact) mass is 352 g/mol. The van der Waals surface area contributed by atoms with Crippen molar-refractivity contribution in [3.05, 3.63) is 52.9 Å². The summed E-state index contributed by atoms with van der Waals surface area (Å²) in [6, 6.07) is 8.69. The van der Waals surface area contributed by atoms with Crippen LogP contribution in [-0.4, -0.2) is 38.3 Å². The van der Waals surface area contributed by atoms with Gasteiger partial charge in [-0.15, -0.1) is 0 Å². The number of rotatable bonds is 8. The normalized spacial score (nSPS) is 10.5. The first-order chi connectivity index (χ1) is 11.6. The van der Waals surface area contributed by atoms with Crippen LogP contribution >= 0.6 is 11.6 Å². The molecule has 1 heterocycles. The smallest absolute Gasteiger partial charge is 0.318 e. The molecule has 0 aliphatic rings. The molecule has 2 amide bonds. The molecule has 0 spiro atoms. The molecule has 0 bridgehead atoms. The third-order valence-electron chi connectivity index (χ3n) is 3.45. The molecule has 2 rings (SSSR count). The number of benzene rings is 1. The van der Waals surface area contributed by atoms with Crippen LogP contribution in [0.3, 0.4) is 0 Å². The Bertz CT molecular complexity index is 646. The van der Waals surface area contributed by atoms with E-state index in [0.717, 1.165) is 5.56 Å². The fourth-order valence-corrected chi connectivity index (χ4v) is 2.41. The van der Waals surface area contributed by atoms with Gasteiger partial charge in [0, 0.05) is 30.8 Å². The maximum atomic E-state index is 12.5. The van der Waals surface area contributed by atoms with Gasteiger partial charge in [0.25, 0.3) is 0 Å². The van der Waals surface area contributed by atoms with E-state index in [1.54, 1.807) is 49.6 Å². The highest BCUT2D eigenvalue weighted by atomic mass is 35.5. The van der Waals surface area contributed by atoms with Crippen molar-refractivity contribution in [3.63, 3.8) is 0 Å². The zero-order chi connectivity index (χ0) is 17.4. The molecule has 0 saturated carbocycles. The molecule has 0 atom stereocenters. The molecule has 0 unspecified atom stereocenters. The van der Waals surface area contributed by atoms with Crippen LogP contribution in [0.25, 0.3) is 0 Å². The molecule has 2 aromatic rings. The molecular formula is C17H21ClN2O4. The van der Waals surface area contributed by atoms with Gasteiger partial charge in [-0.3, -0.25) is 0 Å². The number of hydrogen-bond acceptors (Lipinski definition) is 4. The summed E-state index contributed by atoms with van der Waals surface area (Å²) < 4.78 is 15.7. The van der Waals surface area contributed by atoms with Gasteiger partial charge in [0.2, 0.25) is 0 Å². The molecule has 130 valence electrons. The van der Waals surface area contributed by atoms with Gasteiger partial charge in [-0.2, -0.15) is 0 Å². The Morgan fingerprint density at radius 3 is 2.83 bits per heavy atom. The van der Waals surface area contributed by atoms with Crippen LogP contribution in [-0.2, 0) is 17.8 Å². The number of furan rings is 1. The van der Waals surface area contributed by atoms with Crippen LogP contribution in [0.2, 0.25) is 5.02 Å². The van der Waals surface area contributed by atoms with Crippen LogP contribution in [0.4, 0.5) is 4.79 Å². The summed E-state index contributed by atoms with van der Waals surface area (Å²) in [6.07, 6.45) is 1.58. The lowest BCUT2D eigenvalue weighted by molar-refractivity contribution is 0.142. The van der Waals surface area contributed by atoms with Gasteiger partial charge in [-0.1, -0.05) is 11.6 Å². The second kappa shape index (κ2) is 9.20. The summed E-state index contributed by atoms with van der Waals surface area (Å²) in [6.45, 7) is 1.57. The van der Waals surface area contributed by atoms with Crippen LogP contribution < -0.4 is 10.1 Å². The highest BCUT2D eigenvalue weighted by Gasteiger charge is 2.15. The molecule has 7 heteroatoms. The number of nitrogens with zero attached hydrogens (tertiary/aromatic N) is 1. The van der Waals surface area contributed by atoms with Gasteiger partial charge in [0.15, 0.2) is 0 Å². The van der Waals surface area contributed by atoms with Gasteiger partial charge in [0.1, 0.15) is 11.5 Å². The number of carbonyl (C=O) groups excluding carboxylic acids is 1. The van der Waals surface area contributed by atoms with Crippen molar-refractivity contribution in [1.29, 1.82) is 0 Å². The zero-order valence-electron chi connectivity index (χ0n) is 13.8. The predicted octanol–water partition coefficient (Wildman–Crippen LogP) is 3.30. The number of amides is 2. The van der Waals surface area contributed by atoms with E-state index in [-0.39, 0.29) is 6.03 Å². The molecule has 0 radical (unpaired) electrons. The lowest BCUT2D eigenvalue weighted by Crippen LogP contribution is -2.40. The van der Waals surface area contributed by atoms with E-state index in [1.807, 2.05) is 6.07 Å². The van der Waals surface area contributed by atoms with Crippen LogP contribution in [0.5, 0.6) is 5.75 Å². The Morgan fingerprint density at radius 2 is 2.17 bits per heavy atom. The van der Waals surface area contributed by atoms with Gasteiger partial charge in [-0.25, -0.2) is 4.79 Å². The van der Waals surface area contributed by atoms with E-state index < -0.39 is 0 Å². The second-order valence-electron chi connectivity index (χ2n) is 5.11. The summed E-state index contributed by atoms with van der Waals surface area (Å²) in [5.41, 5.74) is 0.808. The molecule has 0 aliphatic heterocycles. The first kappa shape index (κ1) is 18.2. The first-order valence-electron chi connectivity index (χ1n) is 7.50. The van der Waals surface area contributed by atoms with Crippen LogP contribution in [0, 0.1) is 0 Å². The molecule has 0 aliphatic carbocycles. The van der Waals surface area contributed by atoms with Crippen molar-refractivity contribution in [1.82, 2.24) is 10.2 Å². The highest BCUT2D eigenvalue weighted by Crippen LogP contribution is 2.22. The SMILES string of the molecule is COCCN(Cc1ccco1)C(=O)NCc1cc(Cl)ccc1OC. The van der Waals surface area contributed by atoms with E-state index in [0.29, 0.717) is 42.8 Å². The minimum atomic E-state index is -0.217. The average Bonchev–Trinajstić information content (AvgIpc) is 3.09. The molecule has 24 heavy (non-hydrogen) atoms. The molecule has 0 fully saturated rings. The van der Waals surface area contributed by atoms with Crippen molar-refractivity contribution in [2.45, 2.75) is 13.1 Å². The average molecular weight is 353 g/mol. The number of carbonyl (C=O) groups is 1. The predicted molar refractivity (Wildman–Crippen MR) is 91.2 cm³/mol. The number of nitrogens with one attached hydrogen (secondary N) is 1. The van der Waals surface area contributed by atoms with Crippen molar-refractivity contribution in [2.75, 3.05) is 27.4 Å². The Kier molecular flexibility index (Phi) is 6.96. The molecule has 1 aromatic carbocycles. The highest BCUT2D eigenvalue weighted by molar-refractivity contribution is 6.30. The number of ether oxygens (including phenoxy) is 2. The third kappa shape index (κ3) is 5.18. The van der Waals surface area contributed by atoms with E-state index in [4.69, 9.17) is 25.5 Å². The summed E-state index contributed by atoms with van der Waals surface area (Å²) in [7, 11) is 3.18. The molecule has 0 saturated heterocycles. The third-order valence-corrected chi connectivity index (χ3v) is 3.69. The quantitative estimate of drug-likeness (QED) is 0.791. The van der Waals surface area contributed by atoms with Crippen LogP contribution in [0.1, 0.15) is 11.3 Å². The number of halogens is 1. The Balaban J connectivity index is 2.00. The first-order valence-corrected chi connectivity index (χ1v) is 7.88. The van der Waals surface area contributed by atoms with E-state index in [2.05, 4.69) is 5.32 Å². The molecule has 6 nitrogen and oxygen atoms in total. The van der Waals surface area contributed by atoms with Gasteiger partial charge >= 0.3 is 6.03 Å². The zero-order valence-corrected chi connectivity index (χ0v) is 14.5. The summed E-state index contributed by atoms with van der Waals surface area (Å²) in [5.74, 6) is 1.38. The number of urea groups is 1. The Labute approximate surface area is 146 Å². The van der Waals surface area contributed by atoms with Crippen molar-refractivity contribution in [2.24, 2.45) is 0 Å². The molecular weight excluding hydrogens is 332 g/mol. The van der Waals surface area contributed by atoms with Gasteiger partial charge in [0.05, 0.1) is 26.5 Å². The lowest BCUT2D eigenvalue weighted by Gasteiger charge is -2.22. The lowest BCUT2D eigenvalue weighted by atomic mass is 10.2. The van der Waals surface area contributed by atoms with Crippen LogP contribution in [0.15, 0.2) is 41.0 Å². The van der Waals surface area contributed by atoms with Crippen molar-refractivity contribution >= 4 is 17.6 Å².